The van der Waals surface area contributed by atoms with Gasteiger partial charge in [-0.1, -0.05) is 36.4 Å². The Kier molecular flexibility index (Phi) is 8.29. The molecule has 2 N–H and O–H groups in total. The first-order valence-corrected chi connectivity index (χ1v) is 14.2. The third-order valence-corrected chi connectivity index (χ3v) is 8.75. The molecule has 0 radical (unpaired) electrons. The molecule has 7 heteroatoms. The SMILES string of the molecule is COc1ccc([C@@]23CC[C@H](NC(=S)Nc4ccc(N(C)C)cc4)C[C@H]2N(Cc2ccccc2)CC3)cc1OC. The van der Waals surface area contributed by atoms with Crippen LogP contribution >= 0.6 is 12.2 Å². The average molecular weight is 545 g/mol. The monoisotopic (exact) mass is 544 g/mol. The van der Waals surface area contributed by atoms with Crippen molar-refractivity contribution in [2.45, 2.75) is 49.7 Å². The molecule has 2 aliphatic rings. The van der Waals surface area contributed by atoms with Crippen LogP contribution in [0, 0.1) is 0 Å². The second-order valence-corrected chi connectivity index (χ2v) is 11.4. The Balaban J connectivity index is 1.35. The first kappa shape index (κ1) is 27.3. The smallest absolute Gasteiger partial charge is 0.170 e. The number of fused-ring (bicyclic) bond motifs is 1. The van der Waals surface area contributed by atoms with Crippen molar-refractivity contribution < 1.29 is 9.47 Å². The summed E-state index contributed by atoms with van der Waals surface area (Å²) in [4.78, 5) is 4.77. The normalized spacial score (nSPS) is 22.6. The molecule has 1 saturated heterocycles. The van der Waals surface area contributed by atoms with E-state index in [9.17, 15) is 0 Å². The lowest BCUT2D eigenvalue weighted by Crippen LogP contribution is -2.52. The molecule has 1 heterocycles. The maximum Gasteiger partial charge on any atom is 0.170 e. The zero-order chi connectivity index (χ0) is 27.4. The lowest BCUT2D eigenvalue weighted by molar-refractivity contribution is 0.134. The number of anilines is 2. The van der Waals surface area contributed by atoms with E-state index in [1.54, 1.807) is 14.2 Å². The van der Waals surface area contributed by atoms with Gasteiger partial charge in [0.25, 0.3) is 0 Å². The maximum atomic E-state index is 5.76. The Labute approximate surface area is 238 Å². The van der Waals surface area contributed by atoms with Gasteiger partial charge < -0.3 is 25.0 Å². The highest BCUT2D eigenvalue weighted by Gasteiger charge is 2.51. The number of hydrogen-bond donors (Lipinski definition) is 2. The van der Waals surface area contributed by atoms with Gasteiger partial charge in [-0.15, -0.1) is 0 Å². The van der Waals surface area contributed by atoms with E-state index < -0.39 is 0 Å². The fourth-order valence-corrected chi connectivity index (χ4v) is 6.75. The largest absolute Gasteiger partial charge is 0.493 e. The Hall–Kier alpha value is -3.29. The highest BCUT2D eigenvalue weighted by Crippen LogP contribution is 2.50. The molecule has 0 amide bonds. The number of ether oxygens (including phenoxy) is 2. The van der Waals surface area contributed by atoms with E-state index in [4.69, 9.17) is 21.7 Å². The molecule has 5 rings (SSSR count). The van der Waals surface area contributed by atoms with Gasteiger partial charge in [-0.3, -0.25) is 4.90 Å². The lowest BCUT2D eigenvalue weighted by atomic mass is 9.65. The molecule has 0 unspecified atom stereocenters. The molecule has 0 bridgehead atoms. The van der Waals surface area contributed by atoms with Crippen molar-refractivity contribution in [1.82, 2.24) is 10.2 Å². The van der Waals surface area contributed by atoms with Gasteiger partial charge >= 0.3 is 0 Å². The number of thiocarbonyl (C=S) groups is 1. The van der Waals surface area contributed by atoms with E-state index in [0.717, 1.165) is 61.6 Å². The third-order valence-electron chi connectivity index (χ3n) is 8.53. The zero-order valence-electron chi connectivity index (χ0n) is 23.4. The molecule has 3 atom stereocenters. The van der Waals surface area contributed by atoms with Crippen molar-refractivity contribution in [3.63, 3.8) is 0 Å². The molecule has 1 aliphatic heterocycles. The summed E-state index contributed by atoms with van der Waals surface area (Å²) in [5.41, 5.74) is 4.94. The van der Waals surface area contributed by atoms with Gasteiger partial charge in [0.05, 0.1) is 14.2 Å². The van der Waals surface area contributed by atoms with Gasteiger partial charge in [-0.25, -0.2) is 0 Å². The summed E-state index contributed by atoms with van der Waals surface area (Å²) in [6.07, 6.45) is 4.32. The molecule has 3 aromatic rings. The lowest BCUT2D eigenvalue weighted by Gasteiger charge is -2.46. The van der Waals surface area contributed by atoms with Crippen molar-refractivity contribution in [3.05, 3.63) is 83.9 Å². The standard InChI is InChI=1S/C32H40N4O2S/c1-35(2)27-13-11-25(12-14-27)33-31(39)34-26-16-17-32(24-10-15-28(37-3)29(20-24)38-4)18-19-36(30(32)21-26)22-23-8-6-5-7-9-23/h5-15,20,26,30H,16-19,21-22H2,1-4H3,(H2,33,34,39)/t26-,30+,32-/m0/s1. The highest BCUT2D eigenvalue weighted by molar-refractivity contribution is 7.80. The Bertz CT molecular complexity index is 1270. The summed E-state index contributed by atoms with van der Waals surface area (Å²) < 4.78 is 11.3. The summed E-state index contributed by atoms with van der Waals surface area (Å²) in [6.45, 7) is 2.02. The second-order valence-electron chi connectivity index (χ2n) is 11.0. The molecule has 2 fully saturated rings. The third kappa shape index (κ3) is 5.85. The summed E-state index contributed by atoms with van der Waals surface area (Å²) in [5.74, 6) is 1.58. The van der Waals surface area contributed by atoms with Gasteiger partial charge in [0.15, 0.2) is 16.6 Å². The van der Waals surface area contributed by atoms with Crippen LogP contribution < -0.4 is 25.0 Å². The molecule has 39 heavy (non-hydrogen) atoms. The molecule has 0 aromatic heterocycles. The van der Waals surface area contributed by atoms with Gasteiger partial charge in [0, 0.05) is 49.5 Å². The molecule has 6 nitrogen and oxygen atoms in total. The van der Waals surface area contributed by atoms with Crippen LogP contribution in [-0.4, -0.2) is 57.0 Å². The molecule has 1 aliphatic carbocycles. The van der Waals surface area contributed by atoms with Crippen LogP contribution in [0.3, 0.4) is 0 Å². The summed E-state index contributed by atoms with van der Waals surface area (Å²) >= 11 is 5.76. The fraction of sp³-hybridized carbons (Fsp3) is 0.406. The minimum absolute atomic E-state index is 0.0730. The molecule has 0 spiro atoms. The minimum Gasteiger partial charge on any atom is -0.493 e. The van der Waals surface area contributed by atoms with E-state index in [1.807, 2.05) is 14.1 Å². The van der Waals surface area contributed by atoms with Crippen LogP contribution in [0.5, 0.6) is 11.5 Å². The van der Waals surface area contributed by atoms with Crippen molar-refractivity contribution >= 4 is 28.7 Å². The quantitative estimate of drug-likeness (QED) is 0.347. The first-order chi connectivity index (χ1) is 18.9. The highest BCUT2D eigenvalue weighted by atomic mass is 32.1. The molecular formula is C32H40N4O2S. The number of rotatable bonds is 8. The number of hydrogen-bond acceptors (Lipinski definition) is 5. The zero-order valence-corrected chi connectivity index (χ0v) is 24.3. The Morgan fingerprint density at radius 1 is 0.974 bits per heavy atom. The average Bonchev–Trinajstić information content (AvgIpc) is 3.32. The minimum atomic E-state index is 0.0730. The van der Waals surface area contributed by atoms with Gasteiger partial charge in [-0.2, -0.15) is 0 Å². The predicted octanol–water partition coefficient (Wildman–Crippen LogP) is 5.82. The molecule has 3 aromatic carbocycles. The van der Waals surface area contributed by atoms with Crippen LogP contribution in [0.1, 0.15) is 36.8 Å². The molecule has 206 valence electrons. The molecular weight excluding hydrogens is 504 g/mol. The summed E-state index contributed by atoms with van der Waals surface area (Å²) in [5, 5.41) is 7.73. The van der Waals surface area contributed by atoms with Gasteiger partial charge in [0.1, 0.15) is 0 Å². The van der Waals surface area contributed by atoms with E-state index in [2.05, 4.69) is 93.2 Å². The van der Waals surface area contributed by atoms with Gasteiger partial charge in [0.2, 0.25) is 0 Å². The van der Waals surface area contributed by atoms with Crippen molar-refractivity contribution in [3.8, 4) is 11.5 Å². The van der Waals surface area contributed by atoms with E-state index in [1.165, 1.54) is 11.1 Å². The van der Waals surface area contributed by atoms with Crippen LogP contribution in [0.4, 0.5) is 11.4 Å². The number of methoxy groups -OCH3 is 2. The predicted molar refractivity (Wildman–Crippen MR) is 164 cm³/mol. The van der Waals surface area contributed by atoms with Crippen LogP contribution in [0.2, 0.25) is 0 Å². The Morgan fingerprint density at radius 2 is 1.72 bits per heavy atom. The van der Waals surface area contributed by atoms with Gasteiger partial charge in [-0.05, 0) is 92.0 Å². The second kappa shape index (κ2) is 11.8. The topological polar surface area (TPSA) is 49.0 Å². The van der Waals surface area contributed by atoms with Crippen LogP contribution in [0.15, 0.2) is 72.8 Å². The first-order valence-electron chi connectivity index (χ1n) is 13.8. The number of nitrogens with one attached hydrogen (secondary N) is 2. The number of benzene rings is 3. The van der Waals surface area contributed by atoms with Crippen molar-refractivity contribution in [2.75, 3.05) is 45.1 Å². The van der Waals surface area contributed by atoms with E-state index in [0.29, 0.717) is 17.2 Å². The maximum absolute atomic E-state index is 5.76. The molecule has 1 saturated carbocycles. The van der Waals surface area contributed by atoms with E-state index in [-0.39, 0.29) is 5.41 Å². The van der Waals surface area contributed by atoms with Crippen LogP contribution in [-0.2, 0) is 12.0 Å². The van der Waals surface area contributed by atoms with Crippen molar-refractivity contribution in [1.29, 1.82) is 0 Å². The number of likely N-dealkylation sites (tertiary alicyclic amines) is 1. The number of nitrogens with zero attached hydrogens (tertiary/aromatic N) is 2. The van der Waals surface area contributed by atoms with E-state index >= 15 is 0 Å². The fourth-order valence-electron chi connectivity index (χ4n) is 6.46. The summed E-state index contributed by atoms with van der Waals surface area (Å²) in [6, 6.07) is 26.4. The van der Waals surface area contributed by atoms with Crippen LogP contribution in [0.25, 0.3) is 0 Å². The Morgan fingerprint density at radius 3 is 2.41 bits per heavy atom. The summed E-state index contributed by atoms with van der Waals surface area (Å²) in [7, 11) is 7.50. The van der Waals surface area contributed by atoms with Crippen molar-refractivity contribution in [2.24, 2.45) is 0 Å².